The molecule has 2 unspecified atom stereocenters. The third-order valence-corrected chi connectivity index (χ3v) is 5.47. The fourth-order valence-electron chi connectivity index (χ4n) is 2.52. The van der Waals surface area contributed by atoms with Crippen LogP contribution in [0.25, 0.3) is 0 Å². The topological polar surface area (TPSA) is 76.0 Å². The maximum absolute atomic E-state index is 12.4. The van der Waals surface area contributed by atoms with E-state index in [2.05, 4.69) is 22.1 Å². The van der Waals surface area contributed by atoms with E-state index in [1.54, 1.807) is 25.6 Å². The van der Waals surface area contributed by atoms with Crippen LogP contribution in [0.1, 0.15) is 31.2 Å². The van der Waals surface area contributed by atoms with Gasteiger partial charge in [0.25, 0.3) is 0 Å². The smallest absolute Gasteiger partial charge is 0.244 e. The molecule has 0 radical (unpaired) electrons. The summed E-state index contributed by atoms with van der Waals surface area (Å²) >= 11 is 0. The number of aromatic nitrogens is 2. The molecule has 7 heteroatoms. The molecule has 2 heterocycles. The Balaban J connectivity index is 2.19. The molecular weight excluding hydrogens is 264 g/mol. The van der Waals surface area contributed by atoms with E-state index in [1.807, 2.05) is 0 Å². The van der Waals surface area contributed by atoms with Crippen LogP contribution in [0.5, 0.6) is 0 Å². The fourth-order valence-corrected chi connectivity index (χ4v) is 4.23. The van der Waals surface area contributed by atoms with E-state index in [0.717, 1.165) is 12.8 Å². The first-order valence-electron chi connectivity index (χ1n) is 6.57. The molecule has 0 aliphatic carbocycles. The van der Waals surface area contributed by atoms with E-state index in [0.29, 0.717) is 28.9 Å². The fraction of sp³-hybridized carbons (Fsp3) is 0.750. The average molecular weight is 286 g/mol. The van der Waals surface area contributed by atoms with Crippen LogP contribution in [0.15, 0.2) is 4.90 Å². The predicted octanol–water partition coefficient (Wildman–Crippen LogP) is 0.456. The van der Waals surface area contributed by atoms with Gasteiger partial charge in [0.05, 0.1) is 11.4 Å². The van der Waals surface area contributed by atoms with E-state index < -0.39 is 10.0 Å². The summed E-state index contributed by atoms with van der Waals surface area (Å²) in [6.45, 7) is 6.29. The first kappa shape index (κ1) is 14.5. The molecule has 6 nitrogen and oxygen atoms in total. The second kappa shape index (κ2) is 5.22. The predicted molar refractivity (Wildman–Crippen MR) is 73.5 cm³/mol. The standard InChI is InChI=1S/C12H22N4O2S/c1-8-5-6-11(7-13-8)15-19(17,18)12-9(2)14-16(4)10(12)3/h8,11,13,15H,5-7H2,1-4H3. The molecule has 0 spiro atoms. The SMILES string of the molecule is Cc1nn(C)c(C)c1S(=O)(=O)NC1CCC(C)NC1. The van der Waals surface area contributed by atoms with Crippen molar-refractivity contribution in [1.29, 1.82) is 0 Å². The van der Waals surface area contributed by atoms with Gasteiger partial charge in [0.15, 0.2) is 0 Å². The highest BCUT2D eigenvalue weighted by Crippen LogP contribution is 2.19. The van der Waals surface area contributed by atoms with Gasteiger partial charge in [0, 0.05) is 25.7 Å². The number of hydrogen-bond acceptors (Lipinski definition) is 4. The van der Waals surface area contributed by atoms with Crippen LogP contribution in [0.4, 0.5) is 0 Å². The van der Waals surface area contributed by atoms with Crippen molar-refractivity contribution in [2.45, 2.75) is 50.6 Å². The summed E-state index contributed by atoms with van der Waals surface area (Å²) < 4.78 is 29.3. The number of nitrogens with zero attached hydrogens (tertiary/aromatic N) is 2. The lowest BCUT2D eigenvalue weighted by Gasteiger charge is -2.28. The van der Waals surface area contributed by atoms with Gasteiger partial charge in [-0.3, -0.25) is 4.68 Å². The largest absolute Gasteiger partial charge is 0.313 e. The molecule has 1 fully saturated rings. The summed E-state index contributed by atoms with van der Waals surface area (Å²) in [5, 5.41) is 7.46. The Kier molecular flexibility index (Phi) is 3.98. The van der Waals surface area contributed by atoms with Crippen LogP contribution in [0.3, 0.4) is 0 Å². The summed E-state index contributed by atoms with van der Waals surface area (Å²) in [6.07, 6.45) is 1.85. The van der Waals surface area contributed by atoms with E-state index >= 15 is 0 Å². The number of piperidine rings is 1. The van der Waals surface area contributed by atoms with Gasteiger partial charge in [-0.25, -0.2) is 13.1 Å². The molecule has 19 heavy (non-hydrogen) atoms. The van der Waals surface area contributed by atoms with Crippen molar-refractivity contribution < 1.29 is 8.42 Å². The second-order valence-corrected chi connectivity index (χ2v) is 6.98. The van der Waals surface area contributed by atoms with Crippen molar-refractivity contribution in [3.05, 3.63) is 11.4 Å². The van der Waals surface area contributed by atoms with Gasteiger partial charge in [0.1, 0.15) is 4.90 Å². The lowest BCUT2D eigenvalue weighted by atomic mass is 10.0. The molecule has 2 N–H and O–H groups in total. The molecule has 108 valence electrons. The third kappa shape index (κ3) is 2.98. The van der Waals surface area contributed by atoms with Crippen molar-refractivity contribution in [3.8, 4) is 0 Å². The summed E-state index contributed by atoms with van der Waals surface area (Å²) in [4.78, 5) is 0.314. The second-order valence-electron chi connectivity index (χ2n) is 5.33. The lowest BCUT2D eigenvalue weighted by Crippen LogP contribution is -2.48. The third-order valence-electron chi connectivity index (χ3n) is 3.69. The van der Waals surface area contributed by atoms with Gasteiger partial charge < -0.3 is 5.32 Å². The van der Waals surface area contributed by atoms with Crippen LogP contribution >= 0.6 is 0 Å². The molecule has 1 saturated heterocycles. The molecule has 2 atom stereocenters. The Hall–Kier alpha value is -0.920. The minimum Gasteiger partial charge on any atom is -0.313 e. The Bertz CT molecular complexity index is 557. The van der Waals surface area contributed by atoms with Crippen molar-refractivity contribution in [2.75, 3.05) is 6.54 Å². The Morgan fingerprint density at radius 3 is 2.53 bits per heavy atom. The zero-order chi connectivity index (χ0) is 14.2. The van der Waals surface area contributed by atoms with Crippen molar-refractivity contribution in [1.82, 2.24) is 19.8 Å². The molecule has 1 aromatic rings. The van der Waals surface area contributed by atoms with Crippen LogP contribution in [-0.2, 0) is 17.1 Å². The van der Waals surface area contributed by atoms with Gasteiger partial charge in [-0.15, -0.1) is 0 Å². The average Bonchev–Trinajstić information content (AvgIpc) is 2.56. The quantitative estimate of drug-likeness (QED) is 0.846. The first-order chi connectivity index (χ1) is 8.81. The number of aryl methyl sites for hydroxylation is 2. The highest BCUT2D eigenvalue weighted by atomic mass is 32.2. The monoisotopic (exact) mass is 286 g/mol. The van der Waals surface area contributed by atoms with Crippen LogP contribution in [0.2, 0.25) is 0 Å². The Morgan fingerprint density at radius 1 is 1.37 bits per heavy atom. The Labute approximate surface area is 114 Å². The molecule has 0 bridgehead atoms. The Morgan fingerprint density at radius 2 is 2.05 bits per heavy atom. The van der Waals surface area contributed by atoms with E-state index in [-0.39, 0.29) is 6.04 Å². The van der Waals surface area contributed by atoms with Crippen LogP contribution in [0, 0.1) is 13.8 Å². The normalized spacial score (nSPS) is 24.6. The van der Waals surface area contributed by atoms with E-state index in [1.165, 1.54) is 0 Å². The molecule has 0 saturated carbocycles. The summed E-state index contributed by atoms with van der Waals surface area (Å²) in [5.74, 6) is 0. The molecule has 1 aromatic heterocycles. The summed E-state index contributed by atoms with van der Waals surface area (Å²) in [6, 6.07) is 0.419. The van der Waals surface area contributed by atoms with Gasteiger partial charge in [-0.2, -0.15) is 5.10 Å². The first-order valence-corrected chi connectivity index (χ1v) is 8.05. The maximum atomic E-state index is 12.4. The van der Waals surface area contributed by atoms with E-state index in [4.69, 9.17) is 0 Å². The molecular formula is C12H22N4O2S. The molecule has 1 aliphatic rings. The molecule has 1 aliphatic heterocycles. The van der Waals surface area contributed by atoms with Gasteiger partial charge in [-0.05, 0) is 33.6 Å². The van der Waals surface area contributed by atoms with E-state index in [9.17, 15) is 8.42 Å². The van der Waals surface area contributed by atoms with Gasteiger partial charge >= 0.3 is 0 Å². The summed E-state index contributed by atoms with van der Waals surface area (Å²) in [5.41, 5.74) is 1.21. The lowest BCUT2D eigenvalue weighted by molar-refractivity contribution is 0.366. The number of nitrogens with one attached hydrogen (secondary N) is 2. The van der Waals surface area contributed by atoms with Crippen molar-refractivity contribution in [3.63, 3.8) is 0 Å². The van der Waals surface area contributed by atoms with Crippen LogP contribution < -0.4 is 10.0 Å². The minimum absolute atomic E-state index is 0.0415. The van der Waals surface area contributed by atoms with Gasteiger partial charge in [0.2, 0.25) is 10.0 Å². The molecule has 0 aromatic carbocycles. The van der Waals surface area contributed by atoms with Crippen molar-refractivity contribution in [2.24, 2.45) is 7.05 Å². The number of sulfonamides is 1. The zero-order valence-electron chi connectivity index (χ0n) is 11.9. The number of hydrogen-bond donors (Lipinski definition) is 2. The maximum Gasteiger partial charge on any atom is 0.244 e. The minimum atomic E-state index is -3.49. The highest BCUT2D eigenvalue weighted by Gasteiger charge is 2.28. The summed E-state index contributed by atoms with van der Waals surface area (Å²) in [7, 11) is -1.74. The van der Waals surface area contributed by atoms with Crippen LogP contribution in [-0.4, -0.2) is 36.8 Å². The molecule has 2 rings (SSSR count). The van der Waals surface area contributed by atoms with Gasteiger partial charge in [-0.1, -0.05) is 0 Å². The van der Waals surface area contributed by atoms with Crippen molar-refractivity contribution >= 4 is 10.0 Å². The highest BCUT2D eigenvalue weighted by molar-refractivity contribution is 7.89. The zero-order valence-corrected chi connectivity index (χ0v) is 12.7. The number of rotatable bonds is 3. The molecule has 0 amide bonds.